The molecule has 0 unspecified atom stereocenters. The van der Waals surface area contributed by atoms with Crippen molar-refractivity contribution < 1.29 is 9.13 Å². The number of benzene rings is 1. The maximum absolute atomic E-state index is 13.6. The number of nitrogen functional groups attached to an aromatic ring is 1. The molecule has 2 aromatic rings. The molecule has 0 aliphatic carbocycles. The third-order valence-electron chi connectivity index (χ3n) is 1.95. The molecule has 1 aromatic carbocycles. The molecule has 0 aliphatic heterocycles. The monoisotopic (exact) mass is 225 g/mol. The Morgan fingerprint density at radius 3 is 2.73 bits per heavy atom. The van der Waals surface area contributed by atoms with Crippen LogP contribution in [-0.2, 0) is 0 Å². The van der Waals surface area contributed by atoms with Crippen molar-refractivity contribution in [3.05, 3.63) is 24.0 Å². The van der Waals surface area contributed by atoms with Crippen molar-refractivity contribution in [1.82, 2.24) is 8.75 Å². The Labute approximate surface area is 89.8 Å². The quantitative estimate of drug-likeness (QED) is 0.848. The Balaban J connectivity index is 2.50. The molecule has 2 N–H and O–H groups in total. The molecule has 0 aliphatic rings. The van der Waals surface area contributed by atoms with Gasteiger partial charge < -0.3 is 10.5 Å². The molecule has 0 atom stereocenters. The van der Waals surface area contributed by atoms with E-state index in [9.17, 15) is 4.39 Å². The van der Waals surface area contributed by atoms with E-state index >= 15 is 0 Å². The van der Waals surface area contributed by atoms with Gasteiger partial charge in [-0.2, -0.15) is 8.75 Å². The second-order valence-corrected chi connectivity index (χ2v) is 3.37. The van der Waals surface area contributed by atoms with Gasteiger partial charge in [0.2, 0.25) is 0 Å². The minimum atomic E-state index is -0.422. The zero-order valence-electron chi connectivity index (χ0n) is 7.90. The van der Waals surface area contributed by atoms with Crippen LogP contribution in [0.25, 0.3) is 11.3 Å². The second-order valence-electron chi connectivity index (χ2n) is 2.84. The summed E-state index contributed by atoms with van der Waals surface area (Å²) in [5.41, 5.74) is 6.26. The largest absolute Gasteiger partial charge is 0.497 e. The Hall–Kier alpha value is -1.69. The van der Waals surface area contributed by atoms with E-state index in [4.69, 9.17) is 10.5 Å². The smallest absolute Gasteiger partial charge is 0.165 e. The third-order valence-corrected chi connectivity index (χ3v) is 2.49. The Kier molecular flexibility index (Phi) is 2.51. The van der Waals surface area contributed by atoms with Gasteiger partial charge in [-0.15, -0.1) is 0 Å². The first kappa shape index (κ1) is 9.85. The lowest BCUT2D eigenvalue weighted by Crippen LogP contribution is -1.92. The van der Waals surface area contributed by atoms with E-state index in [0.29, 0.717) is 17.0 Å². The van der Waals surface area contributed by atoms with Crippen LogP contribution in [0.4, 0.5) is 10.2 Å². The lowest BCUT2D eigenvalue weighted by atomic mass is 10.1. The average molecular weight is 225 g/mol. The van der Waals surface area contributed by atoms with Gasteiger partial charge in [-0.3, -0.25) is 0 Å². The molecular weight excluding hydrogens is 217 g/mol. The minimum Gasteiger partial charge on any atom is -0.497 e. The topological polar surface area (TPSA) is 61.0 Å². The zero-order chi connectivity index (χ0) is 10.8. The molecule has 0 radical (unpaired) electrons. The minimum absolute atomic E-state index is 0.240. The summed E-state index contributed by atoms with van der Waals surface area (Å²) in [6.45, 7) is 0. The molecule has 0 saturated heterocycles. The molecule has 1 aromatic heterocycles. The van der Waals surface area contributed by atoms with E-state index in [1.807, 2.05) is 0 Å². The summed E-state index contributed by atoms with van der Waals surface area (Å²) in [4.78, 5) is 0. The van der Waals surface area contributed by atoms with Crippen molar-refractivity contribution in [3.63, 3.8) is 0 Å². The second kappa shape index (κ2) is 3.82. The molecule has 4 nitrogen and oxygen atoms in total. The van der Waals surface area contributed by atoms with E-state index < -0.39 is 5.82 Å². The molecule has 0 amide bonds. The summed E-state index contributed by atoms with van der Waals surface area (Å²) in [6.07, 6.45) is 0. The van der Waals surface area contributed by atoms with Crippen LogP contribution in [0.3, 0.4) is 0 Å². The van der Waals surface area contributed by atoms with Crippen LogP contribution in [-0.4, -0.2) is 15.9 Å². The van der Waals surface area contributed by atoms with Gasteiger partial charge in [0.25, 0.3) is 0 Å². The van der Waals surface area contributed by atoms with Crippen LogP contribution in [0.5, 0.6) is 5.75 Å². The summed E-state index contributed by atoms with van der Waals surface area (Å²) < 4.78 is 26.2. The van der Waals surface area contributed by atoms with E-state index in [1.165, 1.54) is 13.2 Å². The highest BCUT2D eigenvalue weighted by Gasteiger charge is 2.12. The van der Waals surface area contributed by atoms with E-state index in [0.717, 1.165) is 11.7 Å². The highest BCUT2D eigenvalue weighted by Crippen LogP contribution is 2.28. The first-order chi connectivity index (χ1) is 7.22. The highest BCUT2D eigenvalue weighted by molar-refractivity contribution is 6.99. The number of nitrogens with two attached hydrogens (primary N) is 1. The van der Waals surface area contributed by atoms with Crippen LogP contribution in [0.15, 0.2) is 18.2 Å². The third kappa shape index (κ3) is 1.75. The van der Waals surface area contributed by atoms with E-state index in [2.05, 4.69) is 8.75 Å². The first-order valence-corrected chi connectivity index (χ1v) is 4.87. The van der Waals surface area contributed by atoms with E-state index in [1.54, 1.807) is 12.1 Å². The summed E-state index contributed by atoms with van der Waals surface area (Å²) in [7, 11) is 1.48. The van der Waals surface area contributed by atoms with Crippen LogP contribution < -0.4 is 10.5 Å². The zero-order valence-corrected chi connectivity index (χ0v) is 8.71. The fourth-order valence-electron chi connectivity index (χ4n) is 1.20. The number of methoxy groups -OCH3 is 1. The van der Waals surface area contributed by atoms with Gasteiger partial charge in [0.15, 0.2) is 5.82 Å². The molecule has 1 heterocycles. The standard InChI is InChI=1S/C9H8FN3OS/c1-14-5-2-3-6(7(10)4-5)8-9(11)13-15-12-8/h2-4H,1H3,(H2,11,13). The number of anilines is 1. The Bertz CT molecular complexity index is 486. The van der Waals surface area contributed by atoms with Gasteiger partial charge in [0.1, 0.15) is 17.3 Å². The number of hydrogen-bond acceptors (Lipinski definition) is 5. The van der Waals surface area contributed by atoms with Crippen molar-refractivity contribution in [2.45, 2.75) is 0 Å². The van der Waals surface area contributed by atoms with Gasteiger partial charge in [-0.1, -0.05) is 0 Å². The van der Waals surface area contributed by atoms with E-state index in [-0.39, 0.29) is 5.82 Å². The van der Waals surface area contributed by atoms with Crippen LogP contribution in [0, 0.1) is 5.82 Å². The number of rotatable bonds is 2. The van der Waals surface area contributed by atoms with Crippen molar-refractivity contribution in [2.24, 2.45) is 0 Å². The van der Waals surface area contributed by atoms with Gasteiger partial charge in [0, 0.05) is 11.6 Å². The molecule has 0 spiro atoms. The first-order valence-electron chi connectivity index (χ1n) is 4.14. The molecule has 15 heavy (non-hydrogen) atoms. The molecule has 0 fully saturated rings. The average Bonchev–Trinajstić information content (AvgIpc) is 2.64. The molecule has 6 heteroatoms. The Morgan fingerprint density at radius 2 is 2.20 bits per heavy atom. The fraction of sp³-hybridized carbons (Fsp3) is 0.111. The summed E-state index contributed by atoms with van der Waals surface area (Å²) in [5.74, 6) is 0.274. The molecular formula is C9H8FN3OS. The lowest BCUT2D eigenvalue weighted by molar-refractivity contribution is 0.411. The van der Waals surface area contributed by atoms with Gasteiger partial charge in [0.05, 0.1) is 18.8 Å². The van der Waals surface area contributed by atoms with Crippen LogP contribution in [0.1, 0.15) is 0 Å². The number of halogens is 1. The van der Waals surface area contributed by atoms with Crippen molar-refractivity contribution in [3.8, 4) is 17.0 Å². The number of nitrogens with zero attached hydrogens (tertiary/aromatic N) is 2. The van der Waals surface area contributed by atoms with Gasteiger partial charge >= 0.3 is 0 Å². The Morgan fingerprint density at radius 1 is 1.40 bits per heavy atom. The maximum atomic E-state index is 13.6. The summed E-state index contributed by atoms with van der Waals surface area (Å²) >= 11 is 0.957. The SMILES string of the molecule is COc1ccc(-c2nsnc2N)c(F)c1. The normalized spacial score (nSPS) is 10.3. The molecule has 0 bridgehead atoms. The van der Waals surface area contributed by atoms with Crippen molar-refractivity contribution in [2.75, 3.05) is 12.8 Å². The fourth-order valence-corrected chi connectivity index (χ4v) is 1.69. The van der Waals surface area contributed by atoms with Gasteiger partial charge in [-0.25, -0.2) is 4.39 Å². The van der Waals surface area contributed by atoms with Crippen molar-refractivity contribution >= 4 is 17.5 Å². The predicted molar refractivity (Wildman–Crippen MR) is 56.3 cm³/mol. The molecule has 2 rings (SSSR count). The summed E-state index contributed by atoms with van der Waals surface area (Å²) in [6, 6.07) is 4.51. The lowest BCUT2D eigenvalue weighted by Gasteiger charge is -2.03. The number of hydrogen-bond donors (Lipinski definition) is 1. The maximum Gasteiger partial charge on any atom is 0.165 e. The summed E-state index contributed by atoms with van der Waals surface area (Å²) in [5, 5.41) is 0. The predicted octanol–water partition coefficient (Wildman–Crippen LogP) is 1.93. The van der Waals surface area contributed by atoms with Crippen molar-refractivity contribution in [1.29, 1.82) is 0 Å². The molecule has 0 saturated carbocycles. The highest BCUT2D eigenvalue weighted by atomic mass is 32.1. The molecule has 78 valence electrons. The number of ether oxygens (including phenoxy) is 1. The van der Waals surface area contributed by atoms with Crippen LogP contribution in [0.2, 0.25) is 0 Å². The van der Waals surface area contributed by atoms with Gasteiger partial charge in [-0.05, 0) is 12.1 Å². The number of aromatic nitrogens is 2. The van der Waals surface area contributed by atoms with Crippen LogP contribution >= 0.6 is 11.7 Å².